The molecule has 0 aliphatic rings. The molecule has 0 unspecified atom stereocenters. The van der Waals surface area contributed by atoms with E-state index in [0.717, 1.165) is 22.6 Å². The van der Waals surface area contributed by atoms with Crippen molar-refractivity contribution in [3.63, 3.8) is 0 Å². The number of rotatable bonds is 0. The highest BCUT2D eigenvalue weighted by Gasteiger charge is 2.08. The zero-order valence-corrected chi connectivity index (χ0v) is 7.81. The fourth-order valence-electron chi connectivity index (χ4n) is 1.74. The molecule has 70 valence electrons. The summed E-state index contributed by atoms with van der Waals surface area (Å²) in [7, 11) is 1.92. The predicted molar refractivity (Wildman–Crippen MR) is 56.1 cm³/mol. The van der Waals surface area contributed by atoms with Gasteiger partial charge in [-0.05, 0) is 12.1 Å². The maximum Gasteiger partial charge on any atom is 0.160 e. The van der Waals surface area contributed by atoms with E-state index < -0.39 is 0 Å². The molecule has 0 aliphatic carbocycles. The number of hydrogen-bond acceptors (Lipinski definition) is 2. The van der Waals surface area contributed by atoms with E-state index in [1.54, 1.807) is 0 Å². The molecule has 4 heteroatoms. The molecule has 0 spiro atoms. The second kappa shape index (κ2) is 2.29. The van der Waals surface area contributed by atoms with E-state index in [9.17, 15) is 0 Å². The van der Waals surface area contributed by atoms with Crippen LogP contribution in [-0.2, 0) is 7.05 Å². The normalized spacial score (nSPS) is 11.5. The van der Waals surface area contributed by atoms with Crippen LogP contribution in [0.4, 0.5) is 5.82 Å². The Morgan fingerprint density at radius 1 is 1.36 bits per heavy atom. The molecule has 0 bridgehead atoms. The Labute approximate surface area is 80.6 Å². The van der Waals surface area contributed by atoms with E-state index in [4.69, 9.17) is 5.73 Å². The zero-order chi connectivity index (χ0) is 9.71. The molecule has 3 aromatic heterocycles. The van der Waals surface area contributed by atoms with Gasteiger partial charge in [-0.3, -0.25) is 4.40 Å². The zero-order valence-electron chi connectivity index (χ0n) is 7.81. The highest BCUT2D eigenvalue weighted by atomic mass is 15.1. The first-order chi connectivity index (χ1) is 6.77. The lowest BCUT2D eigenvalue weighted by Gasteiger charge is -1.93. The van der Waals surface area contributed by atoms with E-state index in [0.29, 0.717) is 0 Å². The summed E-state index contributed by atoms with van der Waals surface area (Å²) in [5.41, 5.74) is 8.73. The van der Waals surface area contributed by atoms with Crippen molar-refractivity contribution in [2.24, 2.45) is 7.05 Å². The standard InChI is InChI=1S/C10H10N4/c1-13-8(11)6-7-10(13)12-9-4-2-3-5-14(7)9/h2-6H,11H2,1H3. The largest absolute Gasteiger partial charge is 0.385 e. The second-order valence-electron chi connectivity index (χ2n) is 3.38. The van der Waals surface area contributed by atoms with E-state index >= 15 is 0 Å². The van der Waals surface area contributed by atoms with Crippen molar-refractivity contribution in [2.75, 3.05) is 5.73 Å². The molecule has 0 aromatic carbocycles. The summed E-state index contributed by atoms with van der Waals surface area (Å²) in [6, 6.07) is 7.88. The highest BCUT2D eigenvalue weighted by molar-refractivity contribution is 5.82. The van der Waals surface area contributed by atoms with Crippen LogP contribution in [0, 0.1) is 0 Å². The van der Waals surface area contributed by atoms with E-state index in [1.807, 2.05) is 46.5 Å². The van der Waals surface area contributed by atoms with Gasteiger partial charge in [0.25, 0.3) is 0 Å². The number of aryl methyl sites for hydroxylation is 1. The van der Waals surface area contributed by atoms with Gasteiger partial charge >= 0.3 is 0 Å². The van der Waals surface area contributed by atoms with E-state index in [-0.39, 0.29) is 0 Å². The molecule has 0 fully saturated rings. The van der Waals surface area contributed by atoms with Gasteiger partial charge in [0.15, 0.2) is 5.65 Å². The highest BCUT2D eigenvalue weighted by Crippen LogP contribution is 2.20. The molecule has 0 saturated carbocycles. The summed E-state index contributed by atoms with van der Waals surface area (Å²) in [6.45, 7) is 0. The van der Waals surface area contributed by atoms with Crippen molar-refractivity contribution in [2.45, 2.75) is 0 Å². The number of aromatic nitrogens is 3. The van der Waals surface area contributed by atoms with Crippen molar-refractivity contribution < 1.29 is 0 Å². The lowest BCUT2D eigenvalue weighted by molar-refractivity contribution is 0.967. The van der Waals surface area contributed by atoms with Gasteiger partial charge in [-0.1, -0.05) is 6.07 Å². The number of anilines is 1. The minimum absolute atomic E-state index is 0.737. The van der Waals surface area contributed by atoms with E-state index in [2.05, 4.69) is 4.98 Å². The maximum atomic E-state index is 5.80. The Bertz CT molecular complexity index is 617. The van der Waals surface area contributed by atoms with Crippen molar-refractivity contribution in [3.05, 3.63) is 30.5 Å². The molecule has 4 nitrogen and oxygen atoms in total. The van der Waals surface area contributed by atoms with Crippen molar-refractivity contribution in [1.29, 1.82) is 0 Å². The number of pyridine rings is 1. The van der Waals surface area contributed by atoms with Crippen molar-refractivity contribution in [3.8, 4) is 0 Å². The van der Waals surface area contributed by atoms with Crippen LogP contribution in [0.1, 0.15) is 0 Å². The van der Waals surface area contributed by atoms with Gasteiger partial charge in [-0.15, -0.1) is 0 Å². The Balaban J connectivity index is 2.60. The number of nitrogens with zero attached hydrogens (tertiary/aromatic N) is 3. The number of fused-ring (bicyclic) bond motifs is 3. The summed E-state index contributed by atoms with van der Waals surface area (Å²) < 4.78 is 3.92. The van der Waals surface area contributed by atoms with Crippen molar-refractivity contribution in [1.82, 2.24) is 14.0 Å². The molecule has 0 saturated heterocycles. The molecular weight excluding hydrogens is 176 g/mol. The summed E-state index contributed by atoms with van der Waals surface area (Å²) >= 11 is 0. The molecule has 3 heterocycles. The Kier molecular flexibility index (Phi) is 1.21. The van der Waals surface area contributed by atoms with Crippen LogP contribution in [0.15, 0.2) is 30.5 Å². The van der Waals surface area contributed by atoms with Gasteiger partial charge in [0, 0.05) is 19.3 Å². The van der Waals surface area contributed by atoms with Crippen LogP contribution >= 0.6 is 0 Å². The quantitative estimate of drug-likeness (QED) is 0.577. The van der Waals surface area contributed by atoms with Gasteiger partial charge in [0.2, 0.25) is 0 Å². The topological polar surface area (TPSA) is 48.2 Å². The first-order valence-electron chi connectivity index (χ1n) is 4.45. The maximum absolute atomic E-state index is 5.80. The molecule has 2 N–H and O–H groups in total. The van der Waals surface area contributed by atoms with Crippen LogP contribution in [0.2, 0.25) is 0 Å². The van der Waals surface area contributed by atoms with Crippen LogP contribution in [0.3, 0.4) is 0 Å². The minimum Gasteiger partial charge on any atom is -0.385 e. The Morgan fingerprint density at radius 2 is 2.21 bits per heavy atom. The first kappa shape index (κ1) is 7.44. The van der Waals surface area contributed by atoms with Gasteiger partial charge in [-0.25, -0.2) is 4.98 Å². The average molecular weight is 186 g/mol. The molecular formula is C10H10N4. The van der Waals surface area contributed by atoms with Gasteiger partial charge < -0.3 is 10.3 Å². The molecule has 14 heavy (non-hydrogen) atoms. The number of imidazole rings is 1. The predicted octanol–water partition coefficient (Wildman–Crippen LogP) is 1.41. The second-order valence-corrected chi connectivity index (χ2v) is 3.38. The molecule has 0 atom stereocenters. The van der Waals surface area contributed by atoms with Crippen molar-refractivity contribution >= 4 is 22.6 Å². The lowest BCUT2D eigenvalue weighted by atomic mass is 10.4. The number of nitrogen functional groups attached to an aromatic ring is 1. The van der Waals surface area contributed by atoms with Crippen LogP contribution in [0.25, 0.3) is 16.8 Å². The van der Waals surface area contributed by atoms with Gasteiger partial charge in [0.1, 0.15) is 11.5 Å². The molecule has 3 rings (SSSR count). The number of hydrogen-bond donors (Lipinski definition) is 1. The summed E-state index contributed by atoms with van der Waals surface area (Å²) in [4.78, 5) is 4.48. The lowest BCUT2D eigenvalue weighted by Crippen LogP contribution is -1.95. The summed E-state index contributed by atoms with van der Waals surface area (Å²) in [6.07, 6.45) is 1.99. The third-order valence-electron chi connectivity index (χ3n) is 2.54. The van der Waals surface area contributed by atoms with E-state index in [1.165, 1.54) is 0 Å². The smallest absolute Gasteiger partial charge is 0.160 e. The third kappa shape index (κ3) is 0.750. The fourth-order valence-corrected chi connectivity index (χ4v) is 1.74. The van der Waals surface area contributed by atoms with Crippen LogP contribution in [0.5, 0.6) is 0 Å². The molecule has 3 aromatic rings. The SMILES string of the molecule is Cn1c(N)cc2c1nc1ccccn12. The van der Waals surface area contributed by atoms with Gasteiger partial charge in [0.05, 0.1) is 5.52 Å². The molecule has 0 amide bonds. The summed E-state index contributed by atoms with van der Waals surface area (Å²) in [5, 5.41) is 0. The Hall–Kier alpha value is -1.97. The van der Waals surface area contributed by atoms with Crippen LogP contribution < -0.4 is 5.73 Å². The first-order valence-corrected chi connectivity index (χ1v) is 4.45. The number of nitrogens with two attached hydrogens (primary N) is 1. The van der Waals surface area contributed by atoms with Gasteiger partial charge in [-0.2, -0.15) is 0 Å². The monoisotopic (exact) mass is 186 g/mol. The fraction of sp³-hybridized carbons (Fsp3) is 0.100. The molecule has 0 radical (unpaired) electrons. The Morgan fingerprint density at radius 3 is 3.07 bits per heavy atom. The average Bonchev–Trinajstić information content (AvgIpc) is 2.67. The summed E-state index contributed by atoms with van der Waals surface area (Å²) in [5.74, 6) is 0.737. The molecule has 0 aliphatic heterocycles. The third-order valence-corrected chi connectivity index (χ3v) is 2.54. The van der Waals surface area contributed by atoms with Crippen LogP contribution in [-0.4, -0.2) is 14.0 Å². The minimum atomic E-state index is 0.737.